The lowest BCUT2D eigenvalue weighted by Crippen LogP contribution is -2.36. The van der Waals surface area contributed by atoms with Gasteiger partial charge in [-0.2, -0.15) is 0 Å². The largest absolute Gasteiger partial charge is 0.357 e. The quantitative estimate of drug-likeness (QED) is 0.530. The van der Waals surface area contributed by atoms with Crippen molar-refractivity contribution in [1.29, 1.82) is 0 Å². The number of nitrogens with zero attached hydrogens (tertiary/aromatic N) is 4. The second kappa shape index (κ2) is 11.1. The molecule has 2 aromatic rings. The normalized spacial score (nSPS) is 17.7. The van der Waals surface area contributed by atoms with E-state index < -0.39 is 0 Å². The lowest BCUT2D eigenvalue weighted by molar-refractivity contribution is 0.331. The first-order valence-corrected chi connectivity index (χ1v) is 11.7. The Morgan fingerprint density at radius 1 is 0.839 bits per heavy atom. The third-order valence-electron chi connectivity index (χ3n) is 6.26. The first kappa shape index (κ1) is 21.6. The maximum atomic E-state index is 4.57. The highest BCUT2D eigenvalue weighted by Crippen LogP contribution is 2.18. The van der Waals surface area contributed by atoms with Gasteiger partial charge in [0.15, 0.2) is 5.96 Å². The van der Waals surface area contributed by atoms with Crippen LogP contribution in [-0.2, 0) is 19.6 Å². The number of nitrogens with one attached hydrogen (secondary N) is 2. The fourth-order valence-corrected chi connectivity index (χ4v) is 4.42. The van der Waals surface area contributed by atoms with Crippen LogP contribution in [0.15, 0.2) is 47.6 Å². The van der Waals surface area contributed by atoms with Crippen molar-refractivity contribution in [2.75, 3.05) is 38.1 Å². The van der Waals surface area contributed by atoms with Crippen molar-refractivity contribution in [3.63, 3.8) is 0 Å². The van der Waals surface area contributed by atoms with Crippen LogP contribution in [0.3, 0.4) is 0 Å². The lowest BCUT2D eigenvalue weighted by Gasteiger charge is -2.28. The Labute approximate surface area is 186 Å². The molecule has 2 aliphatic heterocycles. The summed E-state index contributed by atoms with van der Waals surface area (Å²) in [5, 5.41) is 6.86. The van der Waals surface area contributed by atoms with Gasteiger partial charge in [0.2, 0.25) is 0 Å². The van der Waals surface area contributed by atoms with Gasteiger partial charge in [0.25, 0.3) is 0 Å². The van der Waals surface area contributed by atoms with Gasteiger partial charge in [-0.05, 0) is 74.0 Å². The predicted molar refractivity (Wildman–Crippen MR) is 128 cm³/mol. The van der Waals surface area contributed by atoms with Crippen LogP contribution >= 0.6 is 0 Å². The van der Waals surface area contributed by atoms with E-state index in [2.05, 4.69) is 66.8 Å². The number of hydrogen-bond acceptors (Lipinski definition) is 4. The highest BCUT2D eigenvalue weighted by molar-refractivity contribution is 5.79. The predicted octanol–water partition coefficient (Wildman–Crippen LogP) is 3.53. The molecule has 166 valence electrons. The molecule has 0 bridgehead atoms. The number of likely N-dealkylation sites (tertiary alicyclic amines) is 1. The van der Waals surface area contributed by atoms with Crippen molar-refractivity contribution in [3.8, 4) is 0 Å². The molecule has 6 heteroatoms. The summed E-state index contributed by atoms with van der Waals surface area (Å²) < 4.78 is 0. The van der Waals surface area contributed by atoms with E-state index in [1.807, 2.05) is 13.2 Å². The minimum absolute atomic E-state index is 0.734. The van der Waals surface area contributed by atoms with E-state index in [0.717, 1.165) is 44.5 Å². The van der Waals surface area contributed by atoms with Crippen LogP contribution in [0, 0.1) is 0 Å². The number of hydrogen-bond donors (Lipinski definition) is 2. The summed E-state index contributed by atoms with van der Waals surface area (Å²) in [6, 6.07) is 13.2. The Morgan fingerprint density at radius 3 is 2.19 bits per heavy atom. The van der Waals surface area contributed by atoms with Gasteiger partial charge in [0.05, 0.1) is 0 Å². The minimum atomic E-state index is 0.734. The molecule has 2 saturated heterocycles. The van der Waals surface area contributed by atoms with Gasteiger partial charge in [0.1, 0.15) is 5.82 Å². The van der Waals surface area contributed by atoms with Crippen LogP contribution in [0.25, 0.3) is 0 Å². The highest BCUT2D eigenvalue weighted by atomic mass is 15.2. The van der Waals surface area contributed by atoms with Crippen molar-refractivity contribution in [3.05, 3.63) is 59.3 Å². The number of piperidine rings is 1. The van der Waals surface area contributed by atoms with E-state index in [-0.39, 0.29) is 0 Å². The van der Waals surface area contributed by atoms with Gasteiger partial charge in [0, 0.05) is 46.0 Å². The second-order valence-corrected chi connectivity index (χ2v) is 8.65. The fraction of sp³-hybridized carbons (Fsp3) is 0.520. The minimum Gasteiger partial charge on any atom is -0.357 e. The molecule has 2 aliphatic rings. The average Bonchev–Trinajstić information content (AvgIpc) is 3.34. The van der Waals surface area contributed by atoms with Crippen LogP contribution in [0.4, 0.5) is 5.82 Å². The van der Waals surface area contributed by atoms with Crippen LogP contribution in [0.1, 0.15) is 48.8 Å². The molecular formula is C25H36N6. The zero-order valence-corrected chi connectivity index (χ0v) is 18.8. The lowest BCUT2D eigenvalue weighted by atomic mass is 10.1. The third kappa shape index (κ3) is 6.44. The molecule has 1 aromatic carbocycles. The number of rotatable bonds is 7. The molecule has 1 aromatic heterocycles. The highest BCUT2D eigenvalue weighted by Gasteiger charge is 2.13. The van der Waals surface area contributed by atoms with Gasteiger partial charge >= 0.3 is 0 Å². The molecule has 31 heavy (non-hydrogen) atoms. The number of pyridine rings is 1. The summed E-state index contributed by atoms with van der Waals surface area (Å²) in [6.07, 6.45) is 8.46. The first-order chi connectivity index (χ1) is 15.3. The summed E-state index contributed by atoms with van der Waals surface area (Å²) >= 11 is 0. The summed E-state index contributed by atoms with van der Waals surface area (Å²) in [5.41, 5.74) is 3.89. The fourth-order valence-electron chi connectivity index (χ4n) is 4.42. The van der Waals surface area contributed by atoms with Crippen molar-refractivity contribution in [1.82, 2.24) is 20.5 Å². The third-order valence-corrected chi connectivity index (χ3v) is 6.26. The molecule has 0 radical (unpaired) electrons. The molecule has 2 fully saturated rings. The Hall–Kier alpha value is -2.60. The molecule has 6 nitrogen and oxygen atoms in total. The van der Waals surface area contributed by atoms with Gasteiger partial charge in [-0.15, -0.1) is 0 Å². The van der Waals surface area contributed by atoms with Gasteiger partial charge in [-0.3, -0.25) is 9.89 Å². The van der Waals surface area contributed by atoms with Crippen LogP contribution < -0.4 is 15.5 Å². The summed E-state index contributed by atoms with van der Waals surface area (Å²) in [4.78, 5) is 13.9. The molecule has 0 unspecified atom stereocenters. The zero-order valence-electron chi connectivity index (χ0n) is 18.8. The Bertz CT molecular complexity index is 835. The van der Waals surface area contributed by atoms with Gasteiger partial charge in [-0.1, -0.05) is 24.3 Å². The Balaban J connectivity index is 1.24. The van der Waals surface area contributed by atoms with E-state index in [0.29, 0.717) is 0 Å². The smallest absolute Gasteiger partial charge is 0.191 e. The van der Waals surface area contributed by atoms with E-state index in [1.165, 1.54) is 61.9 Å². The average molecular weight is 421 g/mol. The first-order valence-electron chi connectivity index (χ1n) is 11.7. The number of benzene rings is 1. The monoisotopic (exact) mass is 420 g/mol. The topological polar surface area (TPSA) is 55.8 Å². The van der Waals surface area contributed by atoms with Crippen LogP contribution in [-0.4, -0.2) is 49.1 Å². The molecule has 3 heterocycles. The van der Waals surface area contributed by atoms with Crippen molar-refractivity contribution in [2.45, 2.75) is 51.7 Å². The molecule has 0 atom stereocenters. The standard InChI is InChI=1S/C25H36N6/c1-26-25(28-18-21-7-9-22(10-8-21)20-30-13-5-6-14-30)29-19-23-11-12-27-24(17-23)31-15-3-2-4-16-31/h7-12,17H,2-6,13-16,18-20H2,1H3,(H2,26,28,29). The van der Waals surface area contributed by atoms with Crippen molar-refractivity contribution < 1.29 is 0 Å². The van der Waals surface area contributed by atoms with E-state index >= 15 is 0 Å². The molecule has 0 amide bonds. The van der Waals surface area contributed by atoms with E-state index in [9.17, 15) is 0 Å². The van der Waals surface area contributed by atoms with Gasteiger partial charge in [-0.25, -0.2) is 4.98 Å². The van der Waals surface area contributed by atoms with Crippen molar-refractivity contribution in [2.24, 2.45) is 4.99 Å². The number of aliphatic imine (C=N–C) groups is 1. The van der Waals surface area contributed by atoms with Crippen LogP contribution in [0.5, 0.6) is 0 Å². The maximum Gasteiger partial charge on any atom is 0.191 e. The molecule has 0 saturated carbocycles. The number of anilines is 1. The van der Waals surface area contributed by atoms with E-state index in [1.54, 1.807) is 0 Å². The summed E-state index contributed by atoms with van der Waals surface area (Å²) in [7, 11) is 1.82. The molecule has 0 spiro atoms. The second-order valence-electron chi connectivity index (χ2n) is 8.65. The van der Waals surface area contributed by atoms with E-state index in [4.69, 9.17) is 0 Å². The van der Waals surface area contributed by atoms with Crippen molar-refractivity contribution >= 4 is 11.8 Å². The molecule has 4 rings (SSSR count). The Kier molecular flexibility index (Phi) is 7.77. The van der Waals surface area contributed by atoms with Gasteiger partial charge < -0.3 is 15.5 Å². The summed E-state index contributed by atoms with van der Waals surface area (Å²) in [5.74, 6) is 1.91. The molecular weight excluding hydrogens is 384 g/mol. The Morgan fingerprint density at radius 2 is 1.48 bits per heavy atom. The number of aromatic nitrogens is 1. The van der Waals surface area contributed by atoms with Crippen LogP contribution in [0.2, 0.25) is 0 Å². The maximum absolute atomic E-state index is 4.57. The number of guanidine groups is 1. The summed E-state index contributed by atoms with van der Waals surface area (Å²) in [6.45, 7) is 7.28. The SMILES string of the molecule is CN=C(NCc1ccc(CN2CCCC2)cc1)NCc1ccnc(N2CCCCC2)c1. The molecule has 2 N–H and O–H groups in total. The molecule has 0 aliphatic carbocycles. The zero-order chi connectivity index (χ0) is 21.3.